The van der Waals surface area contributed by atoms with Crippen LogP contribution in [0.2, 0.25) is 0 Å². The van der Waals surface area contributed by atoms with E-state index in [1.807, 2.05) is 20.8 Å². The maximum absolute atomic E-state index is 13.4. The summed E-state index contributed by atoms with van der Waals surface area (Å²) in [7, 11) is 0. The van der Waals surface area contributed by atoms with Crippen LogP contribution in [-0.2, 0) is 29.4 Å². The van der Waals surface area contributed by atoms with Gasteiger partial charge < -0.3 is 24.8 Å². The molecule has 9 nitrogen and oxygen atoms in total. The Morgan fingerprint density at radius 2 is 1.66 bits per heavy atom. The van der Waals surface area contributed by atoms with Crippen molar-refractivity contribution in [1.29, 1.82) is 0 Å². The number of nitrogens with one attached hydrogen (secondary N) is 2. The van der Waals surface area contributed by atoms with Crippen LogP contribution in [0.3, 0.4) is 0 Å². The Morgan fingerprint density at radius 1 is 1.00 bits per heavy atom. The summed E-state index contributed by atoms with van der Waals surface area (Å²) in [6, 6.07) is 9.17. The highest BCUT2D eigenvalue weighted by Crippen LogP contribution is 2.40. The van der Waals surface area contributed by atoms with Crippen molar-refractivity contribution in [3.8, 4) is 17.2 Å². The van der Waals surface area contributed by atoms with Crippen LogP contribution < -0.4 is 24.8 Å². The van der Waals surface area contributed by atoms with Crippen molar-refractivity contribution in [2.45, 2.75) is 45.4 Å². The highest BCUT2D eigenvalue weighted by atomic mass is 32.2. The molecule has 0 spiro atoms. The molecule has 2 N–H and O–H groups in total. The number of aromatic nitrogens is 2. The van der Waals surface area contributed by atoms with E-state index in [2.05, 4.69) is 15.7 Å². The van der Waals surface area contributed by atoms with E-state index in [1.54, 1.807) is 36.0 Å². The molecule has 0 bridgehead atoms. The minimum atomic E-state index is -0.387. The van der Waals surface area contributed by atoms with Crippen molar-refractivity contribution < 1.29 is 28.2 Å². The largest absolute Gasteiger partial charge is 0.490 e. The minimum absolute atomic E-state index is 0.0772. The van der Waals surface area contributed by atoms with E-state index in [0.717, 1.165) is 16.8 Å². The lowest BCUT2D eigenvalue weighted by Gasteiger charge is -2.17. The Hall–Kier alpha value is -3.73. The average Bonchev–Trinajstić information content (AvgIpc) is 3.48. The third-order valence-electron chi connectivity index (χ3n) is 5.72. The van der Waals surface area contributed by atoms with Crippen LogP contribution in [0.5, 0.6) is 17.2 Å². The molecule has 2 heterocycles. The lowest BCUT2D eigenvalue weighted by atomic mass is 10.1. The number of nitrogens with zero attached hydrogens (tertiary/aromatic N) is 2. The molecule has 4 rings (SSSR count). The molecule has 2 aromatic carbocycles. The van der Waals surface area contributed by atoms with Gasteiger partial charge in [0, 0.05) is 29.2 Å². The molecule has 11 heteroatoms. The number of carbonyl (C=O) groups is 2. The molecule has 1 aliphatic heterocycles. The van der Waals surface area contributed by atoms with Gasteiger partial charge in [0.1, 0.15) is 18.2 Å². The monoisotopic (exact) mass is 542 g/mol. The van der Waals surface area contributed by atoms with Gasteiger partial charge in [0.2, 0.25) is 11.7 Å². The minimum Gasteiger partial charge on any atom is -0.490 e. The summed E-state index contributed by atoms with van der Waals surface area (Å²) in [5.41, 5.74) is 2.84. The number of ether oxygens (including phenoxy) is 3. The summed E-state index contributed by atoms with van der Waals surface area (Å²) < 4.78 is 31.9. The third-order valence-corrected chi connectivity index (χ3v) is 6.69. The molecule has 0 aliphatic carbocycles. The normalized spacial score (nSPS) is 12.1. The fourth-order valence-electron chi connectivity index (χ4n) is 4.01. The first kappa shape index (κ1) is 27.3. The molecule has 202 valence electrons. The van der Waals surface area contributed by atoms with E-state index in [9.17, 15) is 14.0 Å². The number of hydrogen-bond acceptors (Lipinski definition) is 7. The quantitative estimate of drug-likeness (QED) is 0.347. The Labute approximate surface area is 225 Å². The number of thioether (sulfide) groups is 1. The summed E-state index contributed by atoms with van der Waals surface area (Å²) >= 11 is 1.69. The van der Waals surface area contributed by atoms with Gasteiger partial charge >= 0.3 is 0 Å². The highest BCUT2D eigenvalue weighted by molar-refractivity contribution is 7.98. The van der Waals surface area contributed by atoms with Gasteiger partial charge in [0.15, 0.2) is 11.5 Å². The van der Waals surface area contributed by atoms with Crippen molar-refractivity contribution in [2.24, 2.45) is 0 Å². The first-order valence-corrected chi connectivity index (χ1v) is 13.6. The second-order valence-electron chi connectivity index (χ2n) is 8.38. The second-order valence-corrected chi connectivity index (χ2v) is 9.37. The van der Waals surface area contributed by atoms with Gasteiger partial charge in [-0.05, 0) is 50.6 Å². The van der Waals surface area contributed by atoms with Crippen molar-refractivity contribution in [2.75, 3.05) is 25.1 Å². The van der Waals surface area contributed by atoms with E-state index >= 15 is 0 Å². The average molecular weight is 543 g/mol. The number of benzene rings is 2. The van der Waals surface area contributed by atoms with Gasteiger partial charge in [-0.3, -0.25) is 9.59 Å². The Kier molecular flexibility index (Phi) is 9.11. The Morgan fingerprint density at radius 3 is 2.29 bits per heavy atom. The second kappa shape index (κ2) is 12.7. The predicted molar refractivity (Wildman–Crippen MR) is 143 cm³/mol. The summed E-state index contributed by atoms with van der Waals surface area (Å²) in [5.74, 6) is 2.15. The Bertz CT molecular complexity index is 1270. The molecular formula is C27H31FN4O5S. The molecule has 38 heavy (non-hydrogen) atoms. The summed E-state index contributed by atoms with van der Waals surface area (Å²) in [6.07, 6.45) is 0. The molecule has 0 fully saturated rings. The van der Waals surface area contributed by atoms with Crippen LogP contribution in [0.1, 0.15) is 48.0 Å². The van der Waals surface area contributed by atoms with E-state index in [1.165, 1.54) is 16.8 Å². The lowest BCUT2D eigenvalue weighted by Crippen LogP contribution is -2.29. The molecular weight excluding hydrogens is 511 g/mol. The number of carbonyl (C=O) groups excluding carboxylic acids is 2. The number of anilines is 1. The molecule has 3 aromatic rings. The fraction of sp³-hybridized carbons (Fsp3) is 0.370. The van der Waals surface area contributed by atoms with Crippen molar-refractivity contribution in [3.63, 3.8) is 0 Å². The Balaban J connectivity index is 1.55. The fourth-order valence-corrected chi connectivity index (χ4v) is 5.05. The molecule has 1 aliphatic rings. The van der Waals surface area contributed by atoms with Crippen molar-refractivity contribution >= 4 is 29.4 Å². The third kappa shape index (κ3) is 6.39. The zero-order valence-corrected chi connectivity index (χ0v) is 22.5. The molecule has 0 saturated carbocycles. The predicted octanol–water partition coefficient (Wildman–Crippen LogP) is 4.53. The summed E-state index contributed by atoms with van der Waals surface area (Å²) in [5, 5.41) is 10.4. The molecule has 0 saturated heterocycles. The number of amides is 2. The SMILES string of the molecule is CCOc1cc(C(=O)Nc2c3c(nn2CC(=O)NCc2ccc(F)cc2)CSC3)cc(OCC)c1OCC. The maximum Gasteiger partial charge on any atom is 0.257 e. The smallest absolute Gasteiger partial charge is 0.257 e. The highest BCUT2D eigenvalue weighted by Gasteiger charge is 2.26. The van der Waals surface area contributed by atoms with Crippen LogP contribution in [0, 0.1) is 5.82 Å². The van der Waals surface area contributed by atoms with Gasteiger partial charge in [-0.2, -0.15) is 16.9 Å². The molecule has 0 radical (unpaired) electrons. The van der Waals surface area contributed by atoms with E-state index in [0.29, 0.717) is 60.0 Å². The first-order valence-electron chi connectivity index (χ1n) is 12.5. The molecule has 2 amide bonds. The van der Waals surface area contributed by atoms with Crippen LogP contribution in [-0.4, -0.2) is 41.4 Å². The van der Waals surface area contributed by atoms with E-state index in [4.69, 9.17) is 14.2 Å². The zero-order chi connectivity index (χ0) is 27.1. The van der Waals surface area contributed by atoms with Gasteiger partial charge in [-0.1, -0.05) is 12.1 Å². The number of hydrogen-bond donors (Lipinski definition) is 2. The van der Waals surface area contributed by atoms with Crippen LogP contribution in [0.15, 0.2) is 36.4 Å². The summed E-state index contributed by atoms with van der Waals surface area (Å²) in [6.45, 7) is 6.94. The standard InChI is InChI=1S/C27H31FN4O5S/c1-4-35-22-11-18(12-23(36-5-2)25(22)37-6-3)27(34)30-26-20-15-38-16-21(20)31-32(26)14-24(33)29-13-17-7-9-19(28)10-8-17/h7-12H,4-6,13-16H2,1-3H3,(H,29,33)(H,30,34). The van der Waals surface area contributed by atoms with Gasteiger partial charge in [0.25, 0.3) is 5.91 Å². The molecule has 0 unspecified atom stereocenters. The molecule has 1 aromatic heterocycles. The van der Waals surface area contributed by atoms with Gasteiger partial charge in [-0.15, -0.1) is 0 Å². The van der Waals surface area contributed by atoms with Gasteiger partial charge in [0.05, 0.1) is 25.5 Å². The van der Waals surface area contributed by atoms with Crippen molar-refractivity contribution in [1.82, 2.24) is 15.1 Å². The number of rotatable bonds is 12. The van der Waals surface area contributed by atoms with Crippen LogP contribution in [0.25, 0.3) is 0 Å². The number of halogens is 1. The van der Waals surface area contributed by atoms with Gasteiger partial charge in [-0.25, -0.2) is 9.07 Å². The van der Waals surface area contributed by atoms with E-state index < -0.39 is 0 Å². The van der Waals surface area contributed by atoms with E-state index in [-0.39, 0.29) is 30.7 Å². The van der Waals surface area contributed by atoms with Crippen molar-refractivity contribution in [3.05, 3.63) is 64.6 Å². The topological polar surface area (TPSA) is 104 Å². The van der Waals surface area contributed by atoms with Crippen LogP contribution in [0.4, 0.5) is 10.2 Å². The lowest BCUT2D eigenvalue weighted by molar-refractivity contribution is -0.122. The molecule has 0 atom stereocenters. The van der Waals surface area contributed by atoms with Crippen LogP contribution >= 0.6 is 11.8 Å². The maximum atomic E-state index is 13.4. The zero-order valence-electron chi connectivity index (χ0n) is 21.6. The number of fused-ring (bicyclic) bond motifs is 1. The first-order chi connectivity index (χ1) is 18.4. The summed E-state index contributed by atoms with van der Waals surface area (Å²) in [4.78, 5) is 26.1.